The van der Waals surface area contributed by atoms with Crippen LogP contribution in [0.1, 0.15) is 42.7 Å². The van der Waals surface area contributed by atoms with Crippen molar-refractivity contribution in [1.29, 1.82) is 0 Å². The monoisotopic (exact) mass is 287 g/mol. The van der Waals surface area contributed by atoms with Crippen molar-refractivity contribution >= 4 is 5.97 Å². The molecule has 0 spiro atoms. The standard InChI is InChI=1S/C16H21N3O2/c1-4-17-12(3)14-8-6-7-9-15(14)19-11-13(10-18-19)16(20)21-5-2/h6-12,17H,4-5H2,1-3H3. The first-order valence-corrected chi connectivity index (χ1v) is 7.21. The highest BCUT2D eigenvalue weighted by Crippen LogP contribution is 2.21. The summed E-state index contributed by atoms with van der Waals surface area (Å²) in [6.07, 6.45) is 3.24. The normalized spacial score (nSPS) is 12.1. The quantitative estimate of drug-likeness (QED) is 0.830. The van der Waals surface area contributed by atoms with Gasteiger partial charge in [0.2, 0.25) is 0 Å². The van der Waals surface area contributed by atoms with Crippen molar-refractivity contribution < 1.29 is 9.53 Å². The van der Waals surface area contributed by atoms with E-state index in [0.29, 0.717) is 12.2 Å². The van der Waals surface area contributed by atoms with Gasteiger partial charge in [-0.15, -0.1) is 0 Å². The number of esters is 1. The van der Waals surface area contributed by atoms with Gasteiger partial charge in [-0.1, -0.05) is 25.1 Å². The molecule has 2 rings (SSSR count). The number of para-hydroxylation sites is 1. The molecular weight excluding hydrogens is 266 g/mol. The number of hydrogen-bond acceptors (Lipinski definition) is 4. The number of rotatable bonds is 6. The van der Waals surface area contributed by atoms with Crippen LogP contribution in [0.25, 0.3) is 5.69 Å². The number of benzene rings is 1. The van der Waals surface area contributed by atoms with Crippen molar-refractivity contribution in [3.63, 3.8) is 0 Å². The third-order valence-electron chi connectivity index (χ3n) is 3.25. The average Bonchev–Trinajstić information content (AvgIpc) is 2.97. The molecule has 1 N–H and O–H groups in total. The Kier molecular flexibility index (Phi) is 5.11. The van der Waals surface area contributed by atoms with Crippen LogP contribution >= 0.6 is 0 Å². The van der Waals surface area contributed by atoms with Crippen LogP contribution in [-0.2, 0) is 4.74 Å². The molecule has 112 valence electrons. The smallest absolute Gasteiger partial charge is 0.341 e. The maximum Gasteiger partial charge on any atom is 0.341 e. The number of nitrogens with zero attached hydrogens (tertiary/aromatic N) is 2. The number of hydrogen-bond donors (Lipinski definition) is 1. The molecule has 1 atom stereocenters. The molecule has 1 unspecified atom stereocenters. The van der Waals surface area contributed by atoms with Crippen LogP contribution in [-0.4, -0.2) is 28.9 Å². The second-order valence-electron chi connectivity index (χ2n) is 4.73. The van der Waals surface area contributed by atoms with Crippen molar-refractivity contribution in [3.8, 4) is 5.69 Å². The zero-order chi connectivity index (χ0) is 15.2. The lowest BCUT2D eigenvalue weighted by Crippen LogP contribution is -2.19. The second-order valence-corrected chi connectivity index (χ2v) is 4.73. The van der Waals surface area contributed by atoms with Crippen molar-refractivity contribution in [2.75, 3.05) is 13.2 Å². The van der Waals surface area contributed by atoms with E-state index in [1.807, 2.05) is 18.2 Å². The van der Waals surface area contributed by atoms with Gasteiger partial charge in [-0.25, -0.2) is 9.48 Å². The van der Waals surface area contributed by atoms with Gasteiger partial charge >= 0.3 is 5.97 Å². The highest BCUT2D eigenvalue weighted by molar-refractivity contribution is 5.88. The third-order valence-corrected chi connectivity index (χ3v) is 3.25. The van der Waals surface area contributed by atoms with Crippen molar-refractivity contribution in [1.82, 2.24) is 15.1 Å². The predicted octanol–water partition coefficient (Wildman–Crippen LogP) is 2.72. The molecule has 0 amide bonds. The van der Waals surface area contributed by atoms with Gasteiger partial charge in [0.1, 0.15) is 0 Å². The molecule has 0 aliphatic rings. The molecule has 0 aliphatic heterocycles. The van der Waals surface area contributed by atoms with Gasteiger partial charge in [0.25, 0.3) is 0 Å². The van der Waals surface area contributed by atoms with E-state index in [-0.39, 0.29) is 12.0 Å². The number of ether oxygens (including phenoxy) is 1. The van der Waals surface area contributed by atoms with Crippen molar-refractivity contribution in [2.45, 2.75) is 26.8 Å². The second kappa shape index (κ2) is 7.04. The van der Waals surface area contributed by atoms with Gasteiger partial charge in [0, 0.05) is 12.2 Å². The maximum atomic E-state index is 11.7. The van der Waals surface area contributed by atoms with Gasteiger partial charge < -0.3 is 10.1 Å². The van der Waals surface area contributed by atoms with Gasteiger partial charge in [0.05, 0.1) is 24.1 Å². The molecule has 0 radical (unpaired) electrons. The minimum atomic E-state index is -0.346. The van der Waals surface area contributed by atoms with Crippen LogP contribution in [0.2, 0.25) is 0 Å². The number of carbonyl (C=O) groups is 1. The van der Waals surface area contributed by atoms with Crippen LogP contribution in [0.5, 0.6) is 0 Å². The first-order valence-electron chi connectivity index (χ1n) is 7.21. The third kappa shape index (κ3) is 3.49. The van der Waals surface area contributed by atoms with Gasteiger partial charge in [-0.05, 0) is 32.0 Å². The molecule has 0 saturated heterocycles. The Balaban J connectivity index is 2.32. The SMILES string of the molecule is CCNC(C)c1ccccc1-n1cc(C(=O)OCC)cn1. The van der Waals surface area contributed by atoms with Crippen LogP contribution in [0, 0.1) is 0 Å². The van der Waals surface area contributed by atoms with Crippen molar-refractivity contribution in [2.24, 2.45) is 0 Å². The largest absolute Gasteiger partial charge is 0.462 e. The summed E-state index contributed by atoms with van der Waals surface area (Å²) in [7, 11) is 0. The summed E-state index contributed by atoms with van der Waals surface area (Å²) in [6, 6.07) is 8.23. The maximum absolute atomic E-state index is 11.7. The number of carbonyl (C=O) groups excluding carboxylic acids is 1. The summed E-state index contributed by atoms with van der Waals surface area (Å²) in [4.78, 5) is 11.7. The molecule has 2 aromatic rings. The molecule has 0 fully saturated rings. The van der Waals surface area contributed by atoms with Crippen molar-refractivity contribution in [3.05, 3.63) is 47.8 Å². The molecule has 5 heteroatoms. The summed E-state index contributed by atoms with van der Waals surface area (Å²) in [5, 5.41) is 7.67. The first kappa shape index (κ1) is 15.3. The lowest BCUT2D eigenvalue weighted by molar-refractivity contribution is 0.0526. The average molecular weight is 287 g/mol. The summed E-state index contributed by atoms with van der Waals surface area (Å²) in [5.41, 5.74) is 2.56. The van der Waals surface area contributed by atoms with E-state index in [2.05, 4.69) is 30.3 Å². The summed E-state index contributed by atoms with van der Waals surface area (Å²) < 4.78 is 6.71. The zero-order valence-electron chi connectivity index (χ0n) is 12.7. The summed E-state index contributed by atoms with van der Waals surface area (Å²) in [5.74, 6) is -0.346. The fraction of sp³-hybridized carbons (Fsp3) is 0.375. The number of nitrogens with one attached hydrogen (secondary N) is 1. The molecule has 1 heterocycles. The molecule has 0 bridgehead atoms. The molecular formula is C16H21N3O2. The van der Waals surface area contributed by atoms with Crippen LogP contribution in [0.3, 0.4) is 0 Å². The highest BCUT2D eigenvalue weighted by atomic mass is 16.5. The van der Waals surface area contributed by atoms with E-state index in [1.165, 1.54) is 6.20 Å². The minimum absolute atomic E-state index is 0.210. The Morgan fingerprint density at radius 3 is 2.86 bits per heavy atom. The Morgan fingerprint density at radius 2 is 2.14 bits per heavy atom. The van der Waals surface area contributed by atoms with Gasteiger partial charge in [-0.3, -0.25) is 0 Å². The lowest BCUT2D eigenvalue weighted by atomic mass is 10.1. The minimum Gasteiger partial charge on any atom is -0.462 e. The zero-order valence-corrected chi connectivity index (χ0v) is 12.7. The van der Waals surface area contributed by atoms with Crippen LogP contribution < -0.4 is 5.32 Å². The number of aromatic nitrogens is 2. The van der Waals surface area contributed by atoms with Crippen LogP contribution in [0.15, 0.2) is 36.7 Å². The summed E-state index contributed by atoms with van der Waals surface area (Å²) in [6.45, 7) is 7.22. The van der Waals surface area contributed by atoms with E-state index in [9.17, 15) is 4.79 Å². The van der Waals surface area contributed by atoms with E-state index >= 15 is 0 Å². The Morgan fingerprint density at radius 1 is 1.38 bits per heavy atom. The highest BCUT2D eigenvalue weighted by Gasteiger charge is 2.14. The van der Waals surface area contributed by atoms with E-state index in [4.69, 9.17) is 4.74 Å². The Bertz CT molecular complexity index is 607. The van der Waals surface area contributed by atoms with Gasteiger partial charge in [0.15, 0.2) is 0 Å². The topological polar surface area (TPSA) is 56.2 Å². The Hall–Kier alpha value is -2.14. The molecule has 5 nitrogen and oxygen atoms in total. The predicted molar refractivity (Wildman–Crippen MR) is 81.6 cm³/mol. The van der Waals surface area contributed by atoms with Gasteiger partial charge in [-0.2, -0.15) is 5.10 Å². The molecule has 0 aliphatic carbocycles. The fourth-order valence-corrected chi connectivity index (χ4v) is 2.25. The molecule has 21 heavy (non-hydrogen) atoms. The molecule has 0 saturated carbocycles. The van der Waals surface area contributed by atoms with Crippen LogP contribution in [0.4, 0.5) is 0 Å². The van der Waals surface area contributed by atoms with E-state index < -0.39 is 0 Å². The van der Waals surface area contributed by atoms with E-state index in [0.717, 1.165) is 17.8 Å². The Labute approximate surface area is 124 Å². The summed E-state index contributed by atoms with van der Waals surface area (Å²) >= 11 is 0. The van der Waals surface area contributed by atoms with E-state index in [1.54, 1.807) is 17.8 Å². The lowest BCUT2D eigenvalue weighted by Gasteiger charge is -2.16. The molecule has 1 aromatic heterocycles. The fourth-order valence-electron chi connectivity index (χ4n) is 2.25. The first-order chi connectivity index (χ1) is 10.2. The molecule has 1 aromatic carbocycles.